The third kappa shape index (κ3) is 11.6. The third-order valence-corrected chi connectivity index (χ3v) is 7.24. The van der Waals surface area contributed by atoms with Gasteiger partial charge in [-0.1, -0.05) is 45.1 Å². The summed E-state index contributed by atoms with van der Waals surface area (Å²) < 4.78 is 11.4. The summed E-state index contributed by atoms with van der Waals surface area (Å²) in [5, 5.41) is 0. The van der Waals surface area contributed by atoms with E-state index >= 15 is 0 Å². The molecule has 0 unspecified atom stereocenters. The topological polar surface area (TPSA) is 55.8 Å². The van der Waals surface area contributed by atoms with Crippen LogP contribution in [0.5, 0.6) is 5.75 Å². The highest BCUT2D eigenvalue weighted by Gasteiger charge is 2.33. The van der Waals surface area contributed by atoms with Crippen LogP contribution in [0.3, 0.4) is 0 Å². The van der Waals surface area contributed by atoms with Crippen LogP contribution >= 0.6 is 0 Å². The monoisotopic (exact) mass is 501 g/mol. The number of quaternary nitrogens is 1. The predicted octanol–water partition coefficient (Wildman–Crippen LogP) is 5.89. The zero-order chi connectivity index (χ0) is 26.1. The van der Waals surface area contributed by atoms with E-state index in [9.17, 15) is 9.59 Å². The standard InChI is InChI=1S/C30H49N2O4/c1-4-5-6-13-22-32(26-28-16-18-29(35-3)19-17-28)23-20-31(21-24-32)30(34)15-12-10-8-7-9-11-14-25-36-27(2)33/h12,15-19H,4-11,13-14,20-26H2,1-3H3/q+1/b15-12+. The van der Waals surface area contributed by atoms with Crippen LogP contribution in [0.2, 0.25) is 0 Å². The number of hydrogen-bond acceptors (Lipinski definition) is 4. The van der Waals surface area contributed by atoms with Crippen LogP contribution in [0, 0.1) is 0 Å². The van der Waals surface area contributed by atoms with Gasteiger partial charge in [0.2, 0.25) is 5.91 Å². The van der Waals surface area contributed by atoms with Crippen LogP contribution in [0.15, 0.2) is 36.4 Å². The molecular weight excluding hydrogens is 452 g/mol. The smallest absolute Gasteiger partial charge is 0.302 e. The average Bonchev–Trinajstić information content (AvgIpc) is 2.88. The minimum absolute atomic E-state index is 0.157. The number of piperazine rings is 1. The van der Waals surface area contributed by atoms with Crippen LogP contribution in [-0.2, 0) is 20.9 Å². The molecule has 0 saturated carbocycles. The molecule has 1 fully saturated rings. The number of carbonyl (C=O) groups is 2. The molecule has 1 amide bonds. The molecule has 0 aromatic heterocycles. The number of methoxy groups -OCH3 is 1. The summed E-state index contributed by atoms with van der Waals surface area (Å²) >= 11 is 0. The first-order valence-electron chi connectivity index (χ1n) is 14.0. The van der Waals surface area contributed by atoms with E-state index in [0.717, 1.165) is 81.5 Å². The molecule has 0 atom stereocenters. The fourth-order valence-electron chi connectivity index (χ4n) is 4.96. The van der Waals surface area contributed by atoms with Gasteiger partial charge in [-0.15, -0.1) is 0 Å². The number of ether oxygens (including phenoxy) is 2. The first-order valence-corrected chi connectivity index (χ1v) is 14.0. The lowest BCUT2D eigenvalue weighted by Gasteiger charge is -2.45. The number of hydrogen-bond donors (Lipinski definition) is 0. The fourth-order valence-corrected chi connectivity index (χ4v) is 4.96. The Hall–Kier alpha value is -2.34. The zero-order valence-corrected chi connectivity index (χ0v) is 23.0. The minimum atomic E-state index is -0.202. The first-order chi connectivity index (χ1) is 17.5. The van der Waals surface area contributed by atoms with Crippen molar-refractivity contribution in [3.8, 4) is 5.75 Å². The largest absolute Gasteiger partial charge is 0.497 e. The van der Waals surface area contributed by atoms with E-state index in [-0.39, 0.29) is 11.9 Å². The van der Waals surface area contributed by atoms with Gasteiger partial charge in [0.15, 0.2) is 0 Å². The van der Waals surface area contributed by atoms with Crippen molar-refractivity contribution in [2.75, 3.05) is 46.4 Å². The van der Waals surface area contributed by atoms with Crippen molar-refractivity contribution in [1.29, 1.82) is 0 Å². The van der Waals surface area contributed by atoms with E-state index in [0.29, 0.717) is 6.61 Å². The Morgan fingerprint density at radius 2 is 1.61 bits per heavy atom. The number of allylic oxidation sites excluding steroid dienone is 1. The van der Waals surface area contributed by atoms with Gasteiger partial charge in [0.25, 0.3) is 0 Å². The van der Waals surface area contributed by atoms with Crippen molar-refractivity contribution in [1.82, 2.24) is 4.90 Å². The lowest BCUT2D eigenvalue weighted by molar-refractivity contribution is -0.944. The molecule has 0 bridgehead atoms. The molecule has 0 radical (unpaired) electrons. The molecule has 1 aliphatic heterocycles. The normalized spacial score (nSPS) is 15.2. The maximum Gasteiger partial charge on any atom is 0.302 e. The van der Waals surface area contributed by atoms with Gasteiger partial charge in [0.1, 0.15) is 12.3 Å². The Bertz CT molecular complexity index is 783. The summed E-state index contributed by atoms with van der Waals surface area (Å²) in [7, 11) is 1.71. The van der Waals surface area contributed by atoms with Gasteiger partial charge in [-0.05, 0) is 62.4 Å². The molecule has 202 valence electrons. The zero-order valence-electron chi connectivity index (χ0n) is 23.0. The number of unbranched alkanes of at least 4 members (excludes halogenated alkanes) is 8. The van der Waals surface area contributed by atoms with Crippen molar-refractivity contribution < 1.29 is 23.5 Å². The second kappa shape index (κ2) is 17.2. The Morgan fingerprint density at radius 3 is 2.28 bits per heavy atom. The number of esters is 1. The third-order valence-electron chi connectivity index (χ3n) is 7.24. The first kappa shape index (κ1) is 29.9. The van der Waals surface area contributed by atoms with E-state index < -0.39 is 0 Å². The molecular formula is C30H49N2O4+. The molecule has 0 aliphatic carbocycles. The van der Waals surface area contributed by atoms with Crippen molar-refractivity contribution >= 4 is 11.9 Å². The van der Waals surface area contributed by atoms with Crippen molar-refractivity contribution in [2.45, 2.75) is 84.6 Å². The molecule has 36 heavy (non-hydrogen) atoms. The van der Waals surface area contributed by atoms with E-state index in [1.54, 1.807) is 13.2 Å². The predicted molar refractivity (Wildman–Crippen MR) is 146 cm³/mol. The SMILES string of the molecule is CCCCCC[N+]1(Cc2ccc(OC)cc2)CCN(C(=O)/C=C/CCCCCCCOC(C)=O)CC1. The second-order valence-corrected chi connectivity index (χ2v) is 10.2. The van der Waals surface area contributed by atoms with Crippen molar-refractivity contribution in [3.05, 3.63) is 42.0 Å². The molecule has 1 aromatic carbocycles. The molecule has 1 saturated heterocycles. The molecule has 1 aromatic rings. The average molecular weight is 502 g/mol. The lowest BCUT2D eigenvalue weighted by atomic mass is 10.1. The summed E-state index contributed by atoms with van der Waals surface area (Å²) in [6.07, 6.45) is 15.3. The Kier molecular flexibility index (Phi) is 14.3. The lowest BCUT2D eigenvalue weighted by Crippen LogP contribution is -2.60. The summed E-state index contributed by atoms with van der Waals surface area (Å²) in [6, 6.07) is 8.48. The number of carbonyl (C=O) groups excluding carboxylic acids is 2. The summed E-state index contributed by atoms with van der Waals surface area (Å²) in [5.41, 5.74) is 1.34. The van der Waals surface area contributed by atoms with Crippen LogP contribution in [0.4, 0.5) is 0 Å². The molecule has 0 spiro atoms. The second-order valence-electron chi connectivity index (χ2n) is 10.2. The maximum atomic E-state index is 12.8. The Balaban J connectivity index is 1.75. The van der Waals surface area contributed by atoms with Gasteiger partial charge in [0, 0.05) is 12.5 Å². The van der Waals surface area contributed by atoms with Crippen molar-refractivity contribution in [2.24, 2.45) is 0 Å². The Labute approximate surface area is 219 Å². The van der Waals surface area contributed by atoms with Crippen LogP contribution in [0.1, 0.15) is 83.6 Å². The van der Waals surface area contributed by atoms with Crippen LogP contribution in [-0.4, -0.2) is 67.7 Å². The summed E-state index contributed by atoms with van der Waals surface area (Å²) in [6.45, 7) is 10.1. The molecule has 1 aliphatic rings. The van der Waals surface area contributed by atoms with Gasteiger partial charge >= 0.3 is 5.97 Å². The quantitative estimate of drug-likeness (QED) is 0.116. The minimum Gasteiger partial charge on any atom is -0.497 e. The van der Waals surface area contributed by atoms with E-state index in [1.807, 2.05) is 11.0 Å². The number of rotatable bonds is 17. The Morgan fingerprint density at radius 1 is 0.944 bits per heavy atom. The van der Waals surface area contributed by atoms with Crippen LogP contribution < -0.4 is 4.74 Å². The molecule has 0 N–H and O–H groups in total. The highest BCUT2D eigenvalue weighted by atomic mass is 16.5. The highest BCUT2D eigenvalue weighted by molar-refractivity contribution is 5.87. The summed E-state index contributed by atoms with van der Waals surface area (Å²) in [4.78, 5) is 25.6. The number of amides is 1. The van der Waals surface area contributed by atoms with E-state index in [2.05, 4.69) is 31.2 Å². The molecule has 6 nitrogen and oxygen atoms in total. The van der Waals surface area contributed by atoms with E-state index in [1.165, 1.54) is 44.7 Å². The van der Waals surface area contributed by atoms with Crippen molar-refractivity contribution in [3.63, 3.8) is 0 Å². The van der Waals surface area contributed by atoms with Gasteiger partial charge in [-0.3, -0.25) is 9.59 Å². The molecule has 2 rings (SSSR count). The van der Waals surface area contributed by atoms with Gasteiger partial charge in [-0.2, -0.15) is 0 Å². The summed E-state index contributed by atoms with van der Waals surface area (Å²) in [5.74, 6) is 0.853. The molecule has 1 heterocycles. The number of nitrogens with zero attached hydrogens (tertiary/aromatic N) is 2. The van der Waals surface area contributed by atoms with Gasteiger partial charge in [-0.25, -0.2) is 0 Å². The highest BCUT2D eigenvalue weighted by Crippen LogP contribution is 2.22. The number of benzene rings is 1. The van der Waals surface area contributed by atoms with Crippen LogP contribution in [0.25, 0.3) is 0 Å². The molecule has 6 heteroatoms. The fraction of sp³-hybridized carbons (Fsp3) is 0.667. The maximum absolute atomic E-state index is 12.8. The van der Waals surface area contributed by atoms with Gasteiger partial charge in [0.05, 0.1) is 46.4 Å². The van der Waals surface area contributed by atoms with E-state index in [4.69, 9.17) is 9.47 Å². The van der Waals surface area contributed by atoms with Gasteiger partial charge < -0.3 is 18.9 Å².